The molecule has 0 bridgehead atoms. The lowest BCUT2D eigenvalue weighted by molar-refractivity contribution is 0.0704. The minimum atomic E-state index is -0.220. The van der Waals surface area contributed by atoms with Crippen molar-refractivity contribution < 1.29 is 14.3 Å². The normalized spacial score (nSPS) is 12.9. The zero-order valence-corrected chi connectivity index (χ0v) is 17.1. The van der Waals surface area contributed by atoms with Gasteiger partial charge in [0.05, 0.1) is 25.9 Å². The summed E-state index contributed by atoms with van der Waals surface area (Å²) in [6, 6.07) is 17.0. The first-order valence-electron chi connectivity index (χ1n) is 9.88. The molecule has 2 heterocycles. The van der Waals surface area contributed by atoms with Crippen molar-refractivity contribution in [1.82, 2.24) is 20.0 Å². The van der Waals surface area contributed by atoms with Crippen molar-refractivity contribution in [3.05, 3.63) is 82.7 Å². The van der Waals surface area contributed by atoms with Crippen molar-refractivity contribution >= 4 is 11.8 Å². The van der Waals surface area contributed by atoms with E-state index in [1.165, 1.54) is 0 Å². The highest BCUT2D eigenvalue weighted by Crippen LogP contribution is 2.24. The molecule has 1 aliphatic rings. The van der Waals surface area contributed by atoms with Gasteiger partial charge < -0.3 is 15.0 Å². The zero-order chi connectivity index (χ0) is 21.1. The number of nitrogens with one attached hydrogen (secondary N) is 1. The number of carbonyl (C=O) groups excluding carboxylic acids is 2. The number of benzene rings is 2. The lowest BCUT2D eigenvalue weighted by Gasteiger charge is -2.28. The fraction of sp³-hybridized carbons (Fsp3) is 0.261. The van der Waals surface area contributed by atoms with Crippen molar-refractivity contribution in [3.63, 3.8) is 0 Å². The molecule has 4 rings (SSSR count). The first-order chi connectivity index (χ1) is 14.6. The predicted molar refractivity (Wildman–Crippen MR) is 112 cm³/mol. The molecule has 7 nitrogen and oxygen atoms in total. The number of ether oxygens (including phenoxy) is 1. The standard InChI is InChI=1S/C23H24N4O3/c1-16-19(9-6-10-21(16)30-2)23(29)26-11-12-27-18(15-26)13-20(25-27)22(28)24-14-17-7-4-3-5-8-17/h3-10,13H,11-12,14-15H2,1-2H3,(H,24,28). The quantitative estimate of drug-likeness (QED) is 0.710. The molecular weight excluding hydrogens is 380 g/mol. The maximum Gasteiger partial charge on any atom is 0.272 e. The van der Waals surface area contributed by atoms with Crippen LogP contribution in [0.4, 0.5) is 0 Å². The molecule has 1 aliphatic heterocycles. The van der Waals surface area contributed by atoms with E-state index in [0.29, 0.717) is 43.2 Å². The van der Waals surface area contributed by atoms with E-state index in [-0.39, 0.29) is 11.8 Å². The molecule has 0 aliphatic carbocycles. The largest absolute Gasteiger partial charge is 0.496 e. The van der Waals surface area contributed by atoms with Crippen LogP contribution in [0.5, 0.6) is 5.75 Å². The summed E-state index contributed by atoms with van der Waals surface area (Å²) < 4.78 is 7.14. The maximum absolute atomic E-state index is 13.1. The maximum atomic E-state index is 13.1. The van der Waals surface area contributed by atoms with Crippen molar-refractivity contribution in [2.45, 2.75) is 26.6 Å². The second-order valence-electron chi connectivity index (χ2n) is 7.27. The molecule has 7 heteroatoms. The van der Waals surface area contributed by atoms with Crippen LogP contribution in [0.2, 0.25) is 0 Å². The third-order valence-corrected chi connectivity index (χ3v) is 5.35. The van der Waals surface area contributed by atoms with Gasteiger partial charge in [-0.1, -0.05) is 36.4 Å². The minimum Gasteiger partial charge on any atom is -0.496 e. The summed E-state index contributed by atoms with van der Waals surface area (Å²) in [6.45, 7) is 3.83. The van der Waals surface area contributed by atoms with Gasteiger partial charge in [0.1, 0.15) is 5.75 Å². The molecule has 154 valence electrons. The number of aromatic nitrogens is 2. The fourth-order valence-corrected chi connectivity index (χ4v) is 3.66. The number of hydrogen-bond donors (Lipinski definition) is 1. The van der Waals surface area contributed by atoms with Crippen LogP contribution in [0.25, 0.3) is 0 Å². The summed E-state index contributed by atoms with van der Waals surface area (Å²) in [4.78, 5) is 27.3. The molecule has 0 radical (unpaired) electrons. The summed E-state index contributed by atoms with van der Waals surface area (Å²) in [5, 5.41) is 7.32. The van der Waals surface area contributed by atoms with Gasteiger partial charge in [-0.15, -0.1) is 0 Å². The van der Waals surface area contributed by atoms with Crippen LogP contribution in [0.15, 0.2) is 54.6 Å². The Morgan fingerprint density at radius 3 is 2.67 bits per heavy atom. The molecule has 0 spiro atoms. The second-order valence-corrected chi connectivity index (χ2v) is 7.27. The van der Waals surface area contributed by atoms with E-state index < -0.39 is 0 Å². The van der Waals surface area contributed by atoms with Crippen LogP contribution in [0.3, 0.4) is 0 Å². The summed E-state index contributed by atoms with van der Waals surface area (Å²) in [5.41, 5.74) is 3.70. The van der Waals surface area contributed by atoms with Gasteiger partial charge in [-0.3, -0.25) is 14.3 Å². The van der Waals surface area contributed by atoms with E-state index >= 15 is 0 Å². The van der Waals surface area contributed by atoms with Crippen LogP contribution < -0.4 is 10.1 Å². The highest BCUT2D eigenvalue weighted by atomic mass is 16.5. The minimum absolute atomic E-state index is 0.0473. The van der Waals surface area contributed by atoms with E-state index in [0.717, 1.165) is 16.8 Å². The number of hydrogen-bond acceptors (Lipinski definition) is 4. The molecule has 0 saturated carbocycles. The van der Waals surface area contributed by atoms with Crippen LogP contribution in [0, 0.1) is 6.92 Å². The molecule has 0 atom stereocenters. The van der Waals surface area contributed by atoms with Crippen molar-refractivity contribution in [3.8, 4) is 5.75 Å². The average molecular weight is 404 g/mol. The molecule has 2 aromatic carbocycles. The molecule has 0 fully saturated rings. The second kappa shape index (κ2) is 8.41. The molecular formula is C23H24N4O3. The Morgan fingerprint density at radius 2 is 1.90 bits per heavy atom. The Bertz CT molecular complexity index is 1080. The van der Waals surface area contributed by atoms with Gasteiger partial charge in [-0.25, -0.2) is 0 Å². The fourth-order valence-electron chi connectivity index (χ4n) is 3.66. The van der Waals surface area contributed by atoms with Crippen LogP contribution >= 0.6 is 0 Å². The Morgan fingerprint density at radius 1 is 1.10 bits per heavy atom. The van der Waals surface area contributed by atoms with Gasteiger partial charge >= 0.3 is 0 Å². The Hall–Kier alpha value is -3.61. The summed E-state index contributed by atoms with van der Waals surface area (Å²) in [7, 11) is 1.60. The topological polar surface area (TPSA) is 76.5 Å². The molecule has 2 amide bonds. The number of amides is 2. The summed E-state index contributed by atoms with van der Waals surface area (Å²) >= 11 is 0. The highest BCUT2D eigenvalue weighted by molar-refractivity contribution is 5.96. The predicted octanol–water partition coefficient (Wildman–Crippen LogP) is 2.79. The molecule has 1 aromatic heterocycles. The van der Waals surface area contributed by atoms with Crippen molar-refractivity contribution in [2.75, 3.05) is 13.7 Å². The van der Waals surface area contributed by atoms with Crippen LogP contribution in [-0.4, -0.2) is 40.1 Å². The SMILES string of the molecule is COc1cccc(C(=O)N2CCn3nc(C(=O)NCc4ccccc4)cc3C2)c1C. The van der Waals surface area contributed by atoms with E-state index in [9.17, 15) is 9.59 Å². The monoisotopic (exact) mass is 404 g/mol. The molecule has 3 aromatic rings. The summed E-state index contributed by atoms with van der Waals surface area (Å²) in [5.74, 6) is 0.427. The summed E-state index contributed by atoms with van der Waals surface area (Å²) in [6.07, 6.45) is 0. The first-order valence-corrected chi connectivity index (χ1v) is 9.88. The number of methoxy groups -OCH3 is 1. The number of nitrogens with zero attached hydrogens (tertiary/aromatic N) is 3. The van der Waals surface area contributed by atoms with Crippen molar-refractivity contribution in [1.29, 1.82) is 0 Å². The molecule has 30 heavy (non-hydrogen) atoms. The molecule has 1 N–H and O–H groups in total. The Kier molecular flexibility index (Phi) is 5.52. The van der Waals surface area contributed by atoms with Gasteiger partial charge in [-0.05, 0) is 30.7 Å². The van der Waals surface area contributed by atoms with Gasteiger partial charge in [0.15, 0.2) is 5.69 Å². The van der Waals surface area contributed by atoms with Gasteiger partial charge in [0.25, 0.3) is 11.8 Å². The van der Waals surface area contributed by atoms with E-state index in [1.54, 1.807) is 22.8 Å². The third kappa shape index (κ3) is 3.91. The van der Waals surface area contributed by atoms with E-state index in [1.807, 2.05) is 55.5 Å². The number of carbonyl (C=O) groups is 2. The zero-order valence-electron chi connectivity index (χ0n) is 17.1. The Balaban J connectivity index is 1.45. The average Bonchev–Trinajstić information content (AvgIpc) is 3.21. The first kappa shape index (κ1) is 19.7. The van der Waals surface area contributed by atoms with Crippen LogP contribution in [0.1, 0.15) is 37.7 Å². The van der Waals surface area contributed by atoms with E-state index in [4.69, 9.17) is 4.74 Å². The lowest BCUT2D eigenvalue weighted by Crippen LogP contribution is -2.38. The van der Waals surface area contributed by atoms with Gasteiger partial charge in [-0.2, -0.15) is 5.10 Å². The molecule has 0 saturated heterocycles. The lowest BCUT2D eigenvalue weighted by atomic mass is 10.1. The Labute approximate surface area is 175 Å². The van der Waals surface area contributed by atoms with E-state index in [2.05, 4.69) is 10.4 Å². The highest BCUT2D eigenvalue weighted by Gasteiger charge is 2.26. The van der Waals surface area contributed by atoms with Crippen molar-refractivity contribution in [2.24, 2.45) is 0 Å². The third-order valence-electron chi connectivity index (χ3n) is 5.35. The van der Waals surface area contributed by atoms with Gasteiger partial charge in [0.2, 0.25) is 0 Å². The molecule has 0 unspecified atom stereocenters. The van der Waals surface area contributed by atoms with Gasteiger partial charge in [0, 0.05) is 24.2 Å². The van der Waals surface area contributed by atoms with Crippen LogP contribution in [-0.2, 0) is 19.6 Å². The number of fused-ring (bicyclic) bond motifs is 1. The smallest absolute Gasteiger partial charge is 0.272 e. The number of rotatable bonds is 5.